The Morgan fingerprint density at radius 3 is 2.80 bits per heavy atom. The molecule has 4 heteroatoms. The second kappa shape index (κ2) is 4.13. The summed E-state index contributed by atoms with van der Waals surface area (Å²) in [5, 5.41) is 3.25. The van der Waals surface area contributed by atoms with Gasteiger partial charge >= 0.3 is 0 Å². The topological polar surface area (TPSA) is 53.6 Å². The van der Waals surface area contributed by atoms with Crippen molar-refractivity contribution in [2.24, 2.45) is 0 Å². The third-order valence-corrected chi connectivity index (χ3v) is 2.19. The van der Waals surface area contributed by atoms with Crippen LogP contribution in [0.4, 0.5) is 5.95 Å². The number of H-pyrrole nitrogens is 1. The Bertz CT molecular complexity index is 421. The average molecular weight is 202 g/mol. The highest BCUT2D eigenvalue weighted by molar-refractivity contribution is 5.29. The van der Waals surface area contributed by atoms with Gasteiger partial charge in [0.2, 0.25) is 5.95 Å². The Kier molecular flexibility index (Phi) is 2.67. The van der Waals surface area contributed by atoms with E-state index in [0.29, 0.717) is 0 Å². The zero-order valence-electron chi connectivity index (χ0n) is 8.86. The molecule has 2 heterocycles. The lowest BCUT2D eigenvalue weighted by molar-refractivity contribution is 0.826. The Morgan fingerprint density at radius 2 is 2.20 bits per heavy atom. The normalized spacial score (nSPS) is 12.4. The van der Waals surface area contributed by atoms with Crippen molar-refractivity contribution in [2.45, 2.75) is 19.9 Å². The standard InChI is InChI=1S/C11H14N4/c1-8-7-13-11(14-8)15-9(2)10-5-3-4-6-12-10/h3-7,9H,1-2H3,(H2,13,14,15). The highest BCUT2D eigenvalue weighted by atomic mass is 15.1. The van der Waals surface area contributed by atoms with Crippen LogP contribution in [0.5, 0.6) is 0 Å². The van der Waals surface area contributed by atoms with Crippen LogP contribution in [0, 0.1) is 6.92 Å². The van der Waals surface area contributed by atoms with Gasteiger partial charge < -0.3 is 10.3 Å². The van der Waals surface area contributed by atoms with Crippen molar-refractivity contribution in [2.75, 3.05) is 5.32 Å². The van der Waals surface area contributed by atoms with Crippen molar-refractivity contribution >= 4 is 5.95 Å². The van der Waals surface area contributed by atoms with E-state index in [1.165, 1.54) is 0 Å². The molecule has 2 N–H and O–H groups in total. The molecule has 15 heavy (non-hydrogen) atoms. The lowest BCUT2D eigenvalue weighted by atomic mass is 10.2. The summed E-state index contributed by atoms with van der Waals surface area (Å²) in [5.74, 6) is 0.783. The number of aromatic amines is 1. The summed E-state index contributed by atoms with van der Waals surface area (Å²) < 4.78 is 0. The second-order valence-corrected chi connectivity index (χ2v) is 3.54. The molecule has 78 valence electrons. The van der Waals surface area contributed by atoms with Gasteiger partial charge in [0.25, 0.3) is 0 Å². The first-order valence-corrected chi connectivity index (χ1v) is 4.95. The van der Waals surface area contributed by atoms with Gasteiger partial charge in [0.05, 0.1) is 11.7 Å². The molecule has 1 unspecified atom stereocenters. The molecule has 2 rings (SSSR count). The number of pyridine rings is 1. The molecule has 0 bridgehead atoms. The SMILES string of the molecule is Cc1cnc(NC(C)c2ccccn2)[nH]1. The molecule has 4 nitrogen and oxygen atoms in total. The van der Waals surface area contributed by atoms with Crippen LogP contribution in [0.15, 0.2) is 30.6 Å². The molecule has 2 aromatic rings. The molecule has 1 atom stereocenters. The minimum atomic E-state index is 0.150. The summed E-state index contributed by atoms with van der Waals surface area (Å²) in [5.41, 5.74) is 2.05. The van der Waals surface area contributed by atoms with E-state index in [1.54, 1.807) is 12.4 Å². The number of hydrogen-bond donors (Lipinski definition) is 2. The van der Waals surface area contributed by atoms with Gasteiger partial charge in [-0.1, -0.05) is 6.07 Å². The maximum absolute atomic E-state index is 4.28. The number of imidazole rings is 1. The Morgan fingerprint density at radius 1 is 1.33 bits per heavy atom. The highest BCUT2D eigenvalue weighted by Crippen LogP contribution is 2.14. The molecule has 0 aliphatic carbocycles. The third kappa shape index (κ3) is 2.34. The molecule has 0 aliphatic heterocycles. The van der Waals surface area contributed by atoms with Crippen LogP contribution in [-0.4, -0.2) is 15.0 Å². The first-order valence-electron chi connectivity index (χ1n) is 4.95. The Hall–Kier alpha value is -1.84. The quantitative estimate of drug-likeness (QED) is 0.802. The van der Waals surface area contributed by atoms with Crippen molar-refractivity contribution in [1.82, 2.24) is 15.0 Å². The average Bonchev–Trinajstić information content (AvgIpc) is 2.65. The van der Waals surface area contributed by atoms with Gasteiger partial charge in [-0.3, -0.25) is 4.98 Å². The molecule has 0 saturated heterocycles. The molecular weight excluding hydrogens is 188 g/mol. The number of aromatic nitrogens is 3. The van der Waals surface area contributed by atoms with Crippen LogP contribution in [0.25, 0.3) is 0 Å². The van der Waals surface area contributed by atoms with Crippen molar-refractivity contribution in [3.05, 3.63) is 42.0 Å². The highest BCUT2D eigenvalue weighted by Gasteiger charge is 2.06. The summed E-state index contributed by atoms with van der Waals surface area (Å²) in [6.07, 6.45) is 3.59. The number of nitrogens with one attached hydrogen (secondary N) is 2. The fourth-order valence-corrected chi connectivity index (χ4v) is 1.40. The van der Waals surface area contributed by atoms with Gasteiger partial charge in [0.15, 0.2) is 0 Å². The Balaban J connectivity index is 2.07. The zero-order valence-corrected chi connectivity index (χ0v) is 8.86. The van der Waals surface area contributed by atoms with Crippen molar-refractivity contribution < 1.29 is 0 Å². The zero-order chi connectivity index (χ0) is 10.7. The molecule has 0 saturated carbocycles. The summed E-state index contributed by atoms with van der Waals surface area (Å²) in [6.45, 7) is 4.03. The lowest BCUT2D eigenvalue weighted by Crippen LogP contribution is -2.09. The molecule has 0 radical (unpaired) electrons. The van der Waals surface area contributed by atoms with Crippen LogP contribution < -0.4 is 5.32 Å². The van der Waals surface area contributed by atoms with Crippen LogP contribution in [-0.2, 0) is 0 Å². The molecule has 2 aromatic heterocycles. The van der Waals surface area contributed by atoms with E-state index in [4.69, 9.17) is 0 Å². The van der Waals surface area contributed by atoms with Crippen molar-refractivity contribution in [3.63, 3.8) is 0 Å². The number of aryl methyl sites for hydroxylation is 1. The second-order valence-electron chi connectivity index (χ2n) is 3.54. The van der Waals surface area contributed by atoms with Crippen LogP contribution in [0.3, 0.4) is 0 Å². The van der Waals surface area contributed by atoms with E-state index in [1.807, 2.05) is 25.1 Å². The number of rotatable bonds is 3. The lowest BCUT2D eigenvalue weighted by Gasteiger charge is -2.11. The summed E-state index contributed by atoms with van der Waals surface area (Å²) in [7, 11) is 0. The third-order valence-electron chi connectivity index (χ3n) is 2.19. The van der Waals surface area contributed by atoms with E-state index in [2.05, 4.69) is 27.2 Å². The van der Waals surface area contributed by atoms with E-state index < -0.39 is 0 Å². The predicted octanol–water partition coefficient (Wildman–Crippen LogP) is 2.29. The van der Waals surface area contributed by atoms with Crippen molar-refractivity contribution in [1.29, 1.82) is 0 Å². The first kappa shape index (κ1) is 9.71. The van der Waals surface area contributed by atoms with E-state index in [-0.39, 0.29) is 6.04 Å². The Labute approximate surface area is 88.8 Å². The van der Waals surface area contributed by atoms with E-state index in [0.717, 1.165) is 17.3 Å². The molecular formula is C11H14N4. The molecule has 0 aliphatic rings. The van der Waals surface area contributed by atoms with E-state index in [9.17, 15) is 0 Å². The summed E-state index contributed by atoms with van der Waals surface area (Å²) >= 11 is 0. The minimum Gasteiger partial charge on any atom is -0.348 e. The molecule has 0 amide bonds. The molecule has 0 aromatic carbocycles. The van der Waals surface area contributed by atoms with Gasteiger partial charge in [0, 0.05) is 18.1 Å². The van der Waals surface area contributed by atoms with Gasteiger partial charge in [-0.05, 0) is 26.0 Å². The largest absolute Gasteiger partial charge is 0.348 e. The minimum absolute atomic E-state index is 0.150. The maximum Gasteiger partial charge on any atom is 0.200 e. The predicted molar refractivity (Wildman–Crippen MR) is 59.6 cm³/mol. The number of anilines is 1. The van der Waals surface area contributed by atoms with Gasteiger partial charge in [-0.15, -0.1) is 0 Å². The smallest absolute Gasteiger partial charge is 0.200 e. The van der Waals surface area contributed by atoms with Crippen LogP contribution >= 0.6 is 0 Å². The van der Waals surface area contributed by atoms with Gasteiger partial charge in [0.1, 0.15) is 0 Å². The fourth-order valence-electron chi connectivity index (χ4n) is 1.40. The van der Waals surface area contributed by atoms with Crippen molar-refractivity contribution in [3.8, 4) is 0 Å². The van der Waals surface area contributed by atoms with Crippen LogP contribution in [0.1, 0.15) is 24.4 Å². The van der Waals surface area contributed by atoms with Crippen LogP contribution in [0.2, 0.25) is 0 Å². The monoisotopic (exact) mass is 202 g/mol. The summed E-state index contributed by atoms with van der Waals surface area (Å²) in [4.78, 5) is 11.6. The molecule has 0 spiro atoms. The van der Waals surface area contributed by atoms with E-state index >= 15 is 0 Å². The fraction of sp³-hybridized carbons (Fsp3) is 0.273. The maximum atomic E-state index is 4.28. The first-order chi connectivity index (χ1) is 7.25. The molecule has 0 fully saturated rings. The summed E-state index contributed by atoms with van der Waals surface area (Å²) in [6, 6.07) is 6.03. The van der Waals surface area contributed by atoms with Gasteiger partial charge in [-0.2, -0.15) is 0 Å². The number of nitrogens with zero attached hydrogens (tertiary/aromatic N) is 2. The van der Waals surface area contributed by atoms with Gasteiger partial charge in [-0.25, -0.2) is 4.98 Å². The number of hydrogen-bond acceptors (Lipinski definition) is 3.